The van der Waals surface area contributed by atoms with Gasteiger partial charge in [-0.2, -0.15) is 0 Å². The normalized spacial score (nSPS) is 27.1. The summed E-state index contributed by atoms with van der Waals surface area (Å²) in [5.74, 6) is 2.96. The molecule has 3 fully saturated rings. The van der Waals surface area contributed by atoms with E-state index in [0.29, 0.717) is 0 Å². The largest absolute Gasteiger partial charge is 0.316 e. The Morgan fingerprint density at radius 2 is 1.78 bits per heavy atom. The van der Waals surface area contributed by atoms with Gasteiger partial charge in [0.15, 0.2) is 0 Å². The van der Waals surface area contributed by atoms with E-state index in [0.717, 1.165) is 17.8 Å². The van der Waals surface area contributed by atoms with E-state index in [1.54, 1.807) is 0 Å². The summed E-state index contributed by atoms with van der Waals surface area (Å²) in [6.45, 7) is 12.9. The van der Waals surface area contributed by atoms with E-state index in [9.17, 15) is 0 Å². The zero-order valence-electron chi connectivity index (χ0n) is 15.1. The van der Waals surface area contributed by atoms with Gasteiger partial charge in [0, 0.05) is 13.1 Å². The van der Waals surface area contributed by atoms with Gasteiger partial charge in [-0.3, -0.25) is 0 Å². The van der Waals surface area contributed by atoms with Crippen molar-refractivity contribution in [1.82, 2.24) is 15.1 Å². The van der Waals surface area contributed by atoms with Gasteiger partial charge in [-0.25, -0.2) is 0 Å². The maximum atomic E-state index is 3.56. The first-order chi connectivity index (χ1) is 10.8. The summed E-state index contributed by atoms with van der Waals surface area (Å²) in [7, 11) is 0. The first kappa shape index (κ1) is 19.5. The summed E-state index contributed by atoms with van der Waals surface area (Å²) in [6, 6.07) is 0. The summed E-state index contributed by atoms with van der Waals surface area (Å²) in [5.41, 5.74) is 0. The molecule has 136 valence electrons. The molecule has 2 heterocycles. The second kappa shape index (κ2) is 10.2. The Hall–Kier alpha value is 0.170. The van der Waals surface area contributed by atoms with Crippen molar-refractivity contribution in [3.63, 3.8) is 0 Å². The van der Waals surface area contributed by atoms with Gasteiger partial charge in [0.2, 0.25) is 0 Å². The molecule has 1 N–H and O–H groups in total. The van der Waals surface area contributed by atoms with E-state index in [4.69, 9.17) is 0 Å². The quantitative estimate of drug-likeness (QED) is 0.730. The lowest BCUT2D eigenvalue weighted by atomic mass is 9.91. The number of rotatable bonds is 8. The number of nitrogens with zero attached hydrogens (tertiary/aromatic N) is 2. The van der Waals surface area contributed by atoms with E-state index in [-0.39, 0.29) is 12.4 Å². The lowest BCUT2D eigenvalue weighted by molar-refractivity contribution is 0.138. The van der Waals surface area contributed by atoms with Gasteiger partial charge in [-0.05, 0) is 102 Å². The Morgan fingerprint density at radius 3 is 2.39 bits per heavy atom. The van der Waals surface area contributed by atoms with Gasteiger partial charge in [-0.15, -0.1) is 12.4 Å². The van der Waals surface area contributed by atoms with Gasteiger partial charge < -0.3 is 15.1 Å². The molecule has 2 saturated heterocycles. The number of likely N-dealkylation sites (tertiary alicyclic amines) is 1. The molecule has 0 radical (unpaired) electrons. The summed E-state index contributed by atoms with van der Waals surface area (Å²) < 4.78 is 0. The Labute approximate surface area is 150 Å². The Kier molecular flexibility index (Phi) is 8.67. The molecular formula is C19H38ClN3. The third kappa shape index (κ3) is 6.89. The Morgan fingerprint density at radius 1 is 1.00 bits per heavy atom. The highest BCUT2D eigenvalue weighted by atomic mass is 35.5. The van der Waals surface area contributed by atoms with Crippen molar-refractivity contribution in [2.75, 3.05) is 52.4 Å². The topological polar surface area (TPSA) is 18.5 Å². The molecule has 4 heteroatoms. The van der Waals surface area contributed by atoms with Crippen LogP contribution in [0.3, 0.4) is 0 Å². The summed E-state index contributed by atoms with van der Waals surface area (Å²) in [6.07, 6.45) is 10.1. The van der Waals surface area contributed by atoms with Crippen molar-refractivity contribution < 1.29 is 0 Å². The van der Waals surface area contributed by atoms with Crippen molar-refractivity contribution in [2.24, 2.45) is 17.8 Å². The van der Waals surface area contributed by atoms with Crippen molar-refractivity contribution in [2.45, 2.75) is 51.9 Å². The Balaban J connectivity index is 0.00000192. The first-order valence-electron chi connectivity index (χ1n) is 9.99. The lowest BCUT2D eigenvalue weighted by Gasteiger charge is -2.36. The maximum Gasteiger partial charge on any atom is 0.00218 e. The minimum atomic E-state index is 0. The number of halogens is 1. The molecule has 1 atom stereocenters. The predicted molar refractivity (Wildman–Crippen MR) is 101 cm³/mol. The van der Waals surface area contributed by atoms with Gasteiger partial charge in [-0.1, -0.05) is 6.92 Å². The minimum absolute atomic E-state index is 0. The standard InChI is InChI=1S/C19H37N3.ClH/c1-2-21(15-18-5-6-18)11-7-17-8-12-22(13-9-17)16-19-4-3-10-20-14-19;/h17-20H,2-16H2,1H3;1H. The van der Waals surface area contributed by atoms with E-state index < -0.39 is 0 Å². The van der Waals surface area contributed by atoms with Gasteiger partial charge in [0.05, 0.1) is 0 Å². The molecule has 0 bridgehead atoms. The van der Waals surface area contributed by atoms with E-state index >= 15 is 0 Å². The molecule has 3 aliphatic rings. The highest BCUT2D eigenvalue weighted by Crippen LogP contribution is 2.30. The molecule has 1 saturated carbocycles. The predicted octanol–water partition coefficient (Wildman–Crippen LogP) is 3.24. The zero-order valence-corrected chi connectivity index (χ0v) is 16.0. The monoisotopic (exact) mass is 343 g/mol. The molecule has 1 unspecified atom stereocenters. The highest BCUT2D eigenvalue weighted by Gasteiger charge is 2.25. The zero-order chi connectivity index (χ0) is 15.2. The second-order valence-corrected chi connectivity index (χ2v) is 8.08. The smallest absolute Gasteiger partial charge is 0.00218 e. The van der Waals surface area contributed by atoms with Crippen molar-refractivity contribution in [3.05, 3.63) is 0 Å². The molecule has 0 spiro atoms. The van der Waals surface area contributed by atoms with Crippen LogP contribution in [-0.4, -0.2) is 62.2 Å². The van der Waals surface area contributed by atoms with E-state index in [1.807, 2.05) is 0 Å². The van der Waals surface area contributed by atoms with Gasteiger partial charge in [0.25, 0.3) is 0 Å². The van der Waals surface area contributed by atoms with Crippen molar-refractivity contribution >= 4 is 12.4 Å². The van der Waals surface area contributed by atoms with Crippen LogP contribution in [0.15, 0.2) is 0 Å². The van der Waals surface area contributed by atoms with Gasteiger partial charge in [0.1, 0.15) is 0 Å². The average Bonchev–Trinajstić information content (AvgIpc) is 3.38. The van der Waals surface area contributed by atoms with Crippen LogP contribution >= 0.6 is 12.4 Å². The fraction of sp³-hybridized carbons (Fsp3) is 1.00. The molecular weight excluding hydrogens is 306 g/mol. The van der Waals surface area contributed by atoms with Gasteiger partial charge >= 0.3 is 0 Å². The number of piperidine rings is 2. The SMILES string of the molecule is CCN(CCC1CCN(CC2CCCNC2)CC1)CC1CC1.Cl. The van der Waals surface area contributed by atoms with Crippen LogP contribution in [0.1, 0.15) is 51.9 Å². The molecule has 0 aromatic heterocycles. The van der Waals surface area contributed by atoms with Crippen LogP contribution in [0.5, 0.6) is 0 Å². The van der Waals surface area contributed by atoms with Crippen LogP contribution < -0.4 is 5.32 Å². The number of hydrogen-bond donors (Lipinski definition) is 1. The van der Waals surface area contributed by atoms with Crippen LogP contribution in [0.25, 0.3) is 0 Å². The second-order valence-electron chi connectivity index (χ2n) is 8.08. The molecule has 23 heavy (non-hydrogen) atoms. The number of hydrogen-bond acceptors (Lipinski definition) is 3. The molecule has 0 aromatic carbocycles. The van der Waals surface area contributed by atoms with Crippen molar-refractivity contribution in [3.8, 4) is 0 Å². The third-order valence-corrected chi connectivity index (χ3v) is 6.14. The molecule has 0 amide bonds. The number of nitrogens with one attached hydrogen (secondary N) is 1. The molecule has 3 nitrogen and oxygen atoms in total. The fourth-order valence-electron chi connectivity index (χ4n) is 4.31. The van der Waals surface area contributed by atoms with E-state index in [1.165, 1.54) is 97.3 Å². The summed E-state index contributed by atoms with van der Waals surface area (Å²) in [5, 5.41) is 3.56. The molecule has 2 aliphatic heterocycles. The minimum Gasteiger partial charge on any atom is -0.316 e. The summed E-state index contributed by atoms with van der Waals surface area (Å²) >= 11 is 0. The van der Waals surface area contributed by atoms with Crippen LogP contribution in [0, 0.1) is 17.8 Å². The van der Waals surface area contributed by atoms with E-state index in [2.05, 4.69) is 22.0 Å². The Bertz CT molecular complexity index is 308. The lowest BCUT2D eigenvalue weighted by Crippen LogP contribution is -2.42. The molecule has 3 rings (SSSR count). The highest BCUT2D eigenvalue weighted by molar-refractivity contribution is 5.85. The maximum absolute atomic E-state index is 3.56. The third-order valence-electron chi connectivity index (χ3n) is 6.14. The first-order valence-corrected chi connectivity index (χ1v) is 9.99. The van der Waals surface area contributed by atoms with Crippen molar-refractivity contribution in [1.29, 1.82) is 0 Å². The molecule has 1 aliphatic carbocycles. The van der Waals surface area contributed by atoms with Crippen LogP contribution in [0.2, 0.25) is 0 Å². The van der Waals surface area contributed by atoms with Crippen LogP contribution in [0.4, 0.5) is 0 Å². The average molecular weight is 344 g/mol. The fourth-order valence-corrected chi connectivity index (χ4v) is 4.31. The van der Waals surface area contributed by atoms with Crippen LogP contribution in [-0.2, 0) is 0 Å². The molecule has 0 aromatic rings. The summed E-state index contributed by atoms with van der Waals surface area (Å²) in [4.78, 5) is 5.45.